The van der Waals surface area contributed by atoms with Crippen LogP contribution in [0.3, 0.4) is 0 Å². The van der Waals surface area contributed by atoms with Crippen LogP contribution in [-0.4, -0.2) is 64.0 Å². The highest BCUT2D eigenvalue weighted by Crippen LogP contribution is 2.45. The lowest BCUT2D eigenvalue weighted by Gasteiger charge is -2.52. The van der Waals surface area contributed by atoms with Crippen molar-refractivity contribution in [1.82, 2.24) is 14.8 Å². The van der Waals surface area contributed by atoms with E-state index in [1.165, 1.54) is 9.80 Å². The van der Waals surface area contributed by atoms with Crippen LogP contribution in [0.4, 0.5) is 26.3 Å². The number of rotatable bonds is 8. The molecule has 2 amide bonds. The van der Waals surface area contributed by atoms with Crippen molar-refractivity contribution in [3.63, 3.8) is 0 Å². The van der Waals surface area contributed by atoms with Crippen LogP contribution < -0.4 is 9.47 Å². The summed E-state index contributed by atoms with van der Waals surface area (Å²) in [6, 6.07) is 12.7. The van der Waals surface area contributed by atoms with Gasteiger partial charge in [0, 0.05) is 25.4 Å². The Bertz CT molecular complexity index is 1560. The summed E-state index contributed by atoms with van der Waals surface area (Å²) < 4.78 is 94.2. The van der Waals surface area contributed by atoms with E-state index in [1.807, 2.05) is 18.2 Å². The molecule has 0 bridgehead atoms. The van der Waals surface area contributed by atoms with Gasteiger partial charge in [0.05, 0.1) is 35.8 Å². The number of ether oxygens (including phenoxy) is 2. The van der Waals surface area contributed by atoms with Crippen molar-refractivity contribution in [2.75, 3.05) is 19.6 Å². The average Bonchev–Trinajstić information content (AvgIpc) is 3.83. The van der Waals surface area contributed by atoms with Gasteiger partial charge in [-0.25, -0.2) is 0 Å². The number of benzene rings is 2. The molecule has 2 aromatic carbocycles. The summed E-state index contributed by atoms with van der Waals surface area (Å²) in [5.74, 6) is -0.735. The zero-order valence-electron chi connectivity index (χ0n) is 24.6. The predicted octanol–water partition coefficient (Wildman–Crippen LogP) is 6.63. The monoisotopic (exact) mass is 647 g/mol. The SMILES string of the molecule is O=C(c1cnccc1C(F)(F)F)N1CCC[C@@](Oc2ccc(C(F)(F)F)cc2)(C(=O)N2CC(Oc3ccccc3)C2)[C@H]1CC1CC1. The fourth-order valence-corrected chi connectivity index (χ4v) is 6.26. The van der Waals surface area contributed by atoms with Gasteiger partial charge in [0.1, 0.15) is 17.6 Å². The van der Waals surface area contributed by atoms with Gasteiger partial charge in [-0.1, -0.05) is 31.0 Å². The van der Waals surface area contributed by atoms with Gasteiger partial charge in [-0.3, -0.25) is 14.6 Å². The van der Waals surface area contributed by atoms with Crippen LogP contribution in [0.1, 0.15) is 53.6 Å². The summed E-state index contributed by atoms with van der Waals surface area (Å²) in [6.45, 7) is 0.446. The molecule has 3 heterocycles. The summed E-state index contributed by atoms with van der Waals surface area (Å²) in [6.07, 6.45) is -5.73. The molecule has 2 atom stereocenters. The lowest BCUT2D eigenvalue weighted by Crippen LogP contribution is -2.71. The maximum atomic E-state index is 14.5. The lowest BCUT2D eigenvalue weighted by atomic mass is 9.78. The molecule has 1 aromatic heterocycles. The van der Waals surface area contributed by atoms with Crippen LogP contribution in [0.2, 0.25) is 0 Å². The smallest absolute Gasteiger partial charge is 0.417 e. The van der Waals surface area contributed by atoms with E-state index in [-0.39, 0.29) is 56.7 Å². The highest BCUT2D eigenvalue weighted by Gasteiger charge is 2.58. The van der Waals surface area contributed by atoms with Gasteiger partial charge in [0.15, 0.2) is 0 Å². The molecule has 1 aliphatic carbocycles. The Labute approximate surface area is 261 Å². The third kappa shape index (κ3) is 6.50. The van der Waals surface area contributed by atoms with E-state index in [1.54, 1.807) is 12.1 Å². The summed E-state index contributed by atoms with van der Waals surface area (Å²) >= 11 is 0. The molecule has 0 N–H and O–H groups in total. The van der Waals surface area contributed by atoms with Gasteiger partial charge in [0.25, 0.3) is 11.8 Å². The van der Waals surface area contributed by atoms with Crippen LogP contribution in [0.25, 0.3) is 0 Å². The number of hydrogen-bond donors (Lipinski definition) is 0. The van der Waals surface area contributed by atoms with Crippen molar-refractivity contribution < 1.29 is 45.4 Å². The van der Waals surface area contributed by atoms with Crippen molar-refractivity contribution in [3.05, 3.63) is 89.7 Å². The number of aromatic nitrogens is 1. The Morgan fingerprint density at radius 3 is 2.22 bits per heavy atom. The summed E-state index contributed by atoms with van der Waals surface area (Å²) in [4.78, 5) is 35.0. The van der Waals surface area contributed by atoms with E-state index < -0.39 is 52.5 Å². The largest absolute Gasteiger partial charge is 0.487 e. The molecule has 2 saturated heterocycles. The molecule has 2 aliphatic heterocycles. The first-order valence-electron chi connectivity index (χ1n) is 15.0. The maximum Gasteiger partial charge on any atom is 0.417 e. The second-order valence-electron chi connectivity index (χ2n) is 12.0. The van der Waals surface area contributed by atoms with E-state index in [2.05, 4.69) is 4.98 Å². The number of piperidine rings is 1. The Balaban J connectivity index is 1.35. The number of amides is 2. The zero-order chi connectivity index (χ0) is 32.7. The number of carbonyl (C=O) groups excluding carboxylic acids is 2. The highest BCUT2D eigenvalue weighted by atomic mass is 19.4. The number of nitrogens with zero attached hydrogens (tertiary/aromatic N) is 3. The normalized spacial score (nSPS) is 22.3. The Hall–Kier alpha value is -4.29. The quantitative estimate of drug-likeness (QED) is 0.257. The van der Waals surface area contributed by atoms with Crippen LogP contribution in [-0.2, 0) is 17.1 Å². The molecule has 46 heavy (non-hydrogen) atoms. The van der Waals surface area contributed by atoms with Crippen molar-refractivity contribution in [1.29, 1.82) is 0 Å². The minimum atomic E-state index is -4.83. The second kappa shape index (κ2) is 12.1. The summed E-state index contributed by atoms with van der Waals surface area (Å²) in [7, 11) is 0. The molecular weight excluding hydrogens is 616 g/mol. The minimum absolute atomic E-state index is 0.0218. The van der Waals surface area contributed by atoms with Gasteiger partial charge >= 0.3 is 12.4 Å². The molecule has 1 saturated carbocycles. The van der Waals surface area contributed by atoms with Gasteiger partial charge in [-0.2, -0.15) is 26.3 Å². The lowest BCUT2D eigenvalue weighted by molar-refractivity contribution is -0.168. The standard InChI is InChI=1S/C33H31F6N3O4/c34-32(35,36)22-9-11-24(12-10-22)46-31(30(44)41-19-25(20-41)45-23-5-2-1-3-6-23)14-4-16-42(28(31)17-21-7-8-21)29(43)26-18-40-15-13-27(26)33(37,38)39/h1-3,5-6,9-13,15,18,21,25,28H,4,7-8,14,16-17,19-20H2/t28-,31+/m1/s1. The molecule has 13 heteroatoms. The molecule has 6 rings (SSSR count). The second-order valence-corrected chi connectivity index (χ2v) is 12.0. The van der Waals surface area contributed by atoms with E-state index in [0.717, 1.165) is 55.6 Å². The molecule has 244 valence electrons. The third-order valence-electron chi connectivity index (χ3n) is 8.76. The number of pyridine rings is 1. The van der Waals surface area contributed by atoms with E-state index in [9.17, 15) is 35.9 Å². The van der Waals surface area contributed by atoms with E-state index in [4.69, 9.17) is 9.47 Å². The van der Waals surface area contributed by atoms with E-state index in [0.29, 0.717) is 5.75 Å². The first kappa shape index (κ1) is 31.7. The molecule has 0 radical (unpaired) electrons. The predicted molar refractivity (Wildman–Crippen MR) is 153 cm³/mol. The number of para-hydroxylation sites is 1. The third-order valence-corrected chi connectivity index (χ3v) is 8.76. The van der Waals surface area contributed by atoms with E-state index >= 15 is 0 Å². The van der Waals surface area contributed by atoms with Crippen molar-refractivity contribution >= 4 is 11.8 Å². The number of alkyl halides is 6. The van der Waals surface area contributed by atoms with Crippen LogP contribution in [0, 0.1) is 5.92 Å². The first-order valence-corrected chi connectivity index (χ1v) is 15.0. The topological polar surface area (TPSA) is 72.0 Å². The number of carbonyl (C=O) groups is 2. The molecule has 3 aromatic rings. The van der Waals surface area contributed by atoms with Crippen LogP contribution in [0.15, 0.2) is 73.1 Å². The molecular formula is C33H31F6N3O4. The van der Waals surface area contributed by atoms with Crippen molar-refractivity contribution in [2.24, 2.45) is 5.92 Å². The van der Waals surface area contributed by atoms with Crippen LogP contribution >= 0.6 is 0 Å². The van der Waals surface area contributed by atoms with Gasteiger partial charge < -0.3 is 19.3 Å². The molecule has 7 nitrogen and oxygen atoms in total. The number of likely N-dealkylation sites (tertiary alicyclic amines) is 2. The molecule has 3 aliphatic rings. The molecule has 0 spiro atoms. The summed E-state index contributed by atoms with van der Waals surface area (Å²) in [5, 5.41) is 0. The van der Waals surface area contributed by atoms with Gasteiger partial charge in [-0.05, 0) is 61.2 Å². The van der Waals surface area contributed by atoms with Gasteiger partial charge in [0.2, 0.25) is 5.60 Å². The van der Waals surface area contributed by atoms with Crippen LogP contribution in [0.5, 0.6) is 11.5 Å². The number of hydrogen-bond acceptors (Lipinski definition) is 5. The molecule has 0 unspecified atom stereocenters. The zero-order valence-corrected chi connectivity index (χ0v) is 24.6. The maximum absolute atomic E-state index is 14.5. The van der Waals surface area contributed by atoms with Gasteiger partial charge in [-0.15, -0.1) is 0 Å². The van der Waals surface area contributed by atoms with Crippen molar-refractivity contribution in [2.45, 2.75) is 62.2 Å². The Morgan fingerprint density at radius 1 is 0.891 bits per heavy atom. The fourth-order valence-electron chi connectivity index (χ4n) is 6.26. The highest BCUT2D eigenvalue weighted by molar-refractivity contribution is 5.97. The number of halogens is 6. The Kier molecular flexibility index (Phi) is 8.36. The fraction of sp³-hybridized carbons (Fsp3) is 0.424. The first-order chi connectivity index (χ1) is 21.8. The Morgan fingerprint density at radius 2 is 1.59 bits per heavy atom. The summed E-state index contributed by atoms with van der Waals surface area (Å²) in [5.41, 5.74) is -4.47. The van der Waals surface area contributed by atoms with Crippen molar-refractivity contribution in [3.8, 4) is 11.5 Å². The minimum Gasteiger partial charge on any atom is -0.487 e. The average molecular weight is 648 g/mol. The molecule has 3 fully saturated rings.